The van der Waals surface area contributed by atoms with Crippen LogP contribution in [0.2, 0.25) is 0 Å². The van der Waals surface area contributed by atoms with Crippen LogP contribution in [0.3, 0.4) is 0 Å². The number of halogens is 1. The summed E-state index contributed by atoms with van der Waals surface area (Å²) in [5.41, 5.74) is 6.43. The molecule has 1 amide bonds. The van der Waals surface area contributed by atoms with E-state index < -0.39 is 0 Å². The Bertz CT molecular complexity index is 583. The topological polar surface area (TPSA) is 81.1 Å². The van der Waals surface area contributed by atoms with E-state index in [0.29, 0.717) is 31.8 Å². The van der Waals surface area contributed by atoms with Gasteiger partial charge in [0, 0.05) is 19.5 Å². The minimum absolute atomic E-state index is 0.229. The van der Waals surface area contributed by atoms with E-state index in [-0.39, 0.29) is 17.4 Å². The largest absolute Gasteiger partial charge is 0.448 e. The minimum atomic E-state index is -0.312. The van der Waals surface area contributed by atoms with Crippen molar-refractivity contribution < 1.29 is 13.6 Å². The number of aromatic nitrogens is 1. The number of hydrogen-bond acceptors (Lipinski definition) is 4. The Labute approximate surface area is 116 Å². The quantitative estimate of drug-likeness (QED) is 0.833. The molecule has 2 rings (SSSR count). The van der Waals surface area contributed by atoms with Crippen molar-refractivity contribution in [1.82, 2.24) is 10.3 Å². The first-order valence-corrected chi connectivity index (χ1v) is 6.36. The van der Waals surface area contributed by atoms with Crippen LogP contribution in [-0.4, -0.2) is 24.0 Å². The molecule has 3 N–H and O–H groups in total. The minimum Gasteiger partial charge on any atom is -0.448 e. The van der Waals surface area contributed by atoms with Crippen molar-refractivity contribution in [3.8, 4) is 0 Å². The van der Waals surface area contributed by atoms with Gasteiger partial charge in [0.25, 0.3) is 5.91 Å². The summed E-state index contributed by atoms with van der Waals surface area (Å²) in [6.07, 6.45) is 2.36. The van der Waals surface area contributed by atoms with E-state index in [0.717, 1.165) is 5.56 Å². The average Bonchev–Trinajstić information content (AvgIpc) is 2.88. The Morgan fingerprint density at radius 2 is 2.25 bits per heavy atom. The van der Waals surface area contributed by atoms with Crippen molar-refractivity contribution in [3.63, 3.8) is 0 Å². The maximum atomic E-state index is 13.0. The molecule has 0 unspecified atom stereocenters. The van der Waals surface area contributed by atoms with Gasteiger partial charge in [-0.15, -0.1) is 0 Å². The van der Waals surface area contributed by atoms with E-state index in [4.69, 9.17) is 10.2 Å². The Morgan fingerprint density at radius 3 is 3.00 bits per heavy atom. The van der Waals surface area contributed by atoms with Crippen LogP contribution >= 0.6 is 0 Å². The molecule has 0 bridgehead atoms. The third kappa shape index (κ3) is 3.89. The lowest BCUT2D eigenvalue weighted by molar-refractivity contribution is 0.0949. The molecule has 0 aliphatic rings. The summed E-state index contributed by atoms with van der Waals surface area (Å²) in [4.78, 5) is 15.8. The molecule has 0 aliphatic carbocycles. The zero-order valence-electron chi connectivity index (χ0n) is 10.9. The molecule has 0 fully saturated rings. The Morgan fingerprint density at radius 1 is 1.40 bits per heavy atom. The molecule has 0 saturated carbocycles. The molecule has 0 radical (unpaired) electrons. The summed E-state index contributed by atoms with van der Waals surface area (Å²) in [6, 6.07) is 6.28. The van der Waals surface area contributed by atoms with E-state index >= 15 is 0 Å². The van der Waals surface area contributed by atoms with Gasteiger partial charge in [0.1, 0.15) is 12.1 Å². The second kappa shape index (κ2) is 6.81. The van der Waals surface area contributed by atoms with Crippen molar-refractivity contribution in [2.45, 2.75) is 12.8 Å². The normalized spacial score (nSPS) is 10.5. The highest BCUT2D eigenvalue weighted by Crippen LogP contribution is 2.05. The predicted molar refractivity (Wildman–Crippen MR) is 71.7 cm³/mol. The number of carbonyl (C=O) groups excluding carboxylic acids is 1. The maximum Gasteiger partial charge on any atom is 0.273 e. The molecular weight excluding hydrogens is 261 g/mol. The molecule has 1 heterocycles. The molecule has 20 heavy (non-hydrogen) atoms. The number of rotatable bonds is 6. The molecule has 1 aromatic heterocycles. The third-order valence-electron chi connectivity index (χ3n) is 2.73. The smallest absolute Gasteiger partial charge is 0.273 e. The highest BCUT2D eigenvalue weighted by molar-refractivity contribution is 5.91. The number of carbonyl (C=O) groups is 1. The van der Waals surface area contributed by atoms with E-state index in [1.807, 2.05) is 6.07 Å². The Hall–Kier alpha value is -2.21. The Kier molecular flexibility index (Phi) is 4.84. The third-order valence-corrected chi connectivity index (χ3v) is 2.73. The lowest BCUT2D eigenvalue weighted by Crippen LogP contribution is -2.26. The number of oxazole rings is 1. The molecule has 0 atom stereocenters. The standard InChI is InChI=1S/C14H16FN3O2/c15-11-3-1-2-10(8-11)5-7-17-14(19)12-9-20-13(18-12)4-6-16/h1-3,8-9H,4-7,16H2,(H,17,19). The van der Waals surface area contributed by atoms with Crippen molar-refractivity contribution in [2.24, 2.45) is 5.73 Å². The predicted octanol–water partition coefficient (Wildman–Crippen LogP) is 1.29. The average molecular weight is 277 g/mol. The van der Waals surface area contributed by atoms with Crippen LogP contribution in [0, 0.1) is 5.82 Å². The molecule has 1 aromatic carbocycles. The lowest BCUT2D eigenvalue weighted by Gasteiger charge is -2.03. The van der Waals surface area contributed by atoms with Crippen LogP contribution in [0.25, 0.3) is 0 Å². The van der Waals surface area contributed by atoms with E-state index in [2.05, 4.69) is 10.3 Å². The number of hydrogen-bond donors (Lipinski definition) is 2. The van der Waals surface area contributed by atoms with Gasteiger partial charge in [-0.3, -0.25) is 4.79 Å². The molecule has 6 heteroatoms. The number of nitrogens with zero attached hydrogens (tertiary/aromatic N) is 1. The van der Waals surface area contributed by atoms with Gasteiger partial charge in [0.15, 0.2) is 11.6 Å². The highest BCUT2D eigenvalue weighted by Gasteiger charge is 2.11. The van der Waals surface area contributed by atoms with Crippen molar-refractivity contribution in [1.29, 1.82) is 0 Å². The van der Waals surface area contributed by atoms with E-state index in [1.165, 1.54) is 18.4 Å². The van der Waals surface area contributed by atoms with Gasteiger partial charge in [0.2, 0.25) is 0 Å². The highest BCUT2D eigenvalue weighted by atomic mass is 19.1. The number of nitrogens with one attached hydrogen (secondary N) is 1. The van der Waals surface area contributed by atoms with Crippen LogP contribution in [-0.2, 0) is 12.8 Å². The first-order chi connectivity index (χ1) is 9.69. The van der Waals surface area contributed by atoms with Crippen LogP contribution in [0.5, 0.6) is 0 Å². The van der Waals surface area contributed by atoms with Crippen molar-refractivity contribution in [2.75, 3.05) is 13.1 Å². The molecule has 0 aliphatic heterocycles. The van der Waals surface area contributed by atoms with E-state index in [1.54, 1.807) is 6.07 Å². The number of nitrogens with two attached hydrogens (primary N) is 1. The van der Waals surface area contributed by atoms with Gasteiger partial charge < -0.3 is 15.5 Å². The second-order valence-electron chi connectivity index (χ2n) is 4.30. The summed E-state index contributed by atoms with van der Waals surface area (Å²) in [6.45, 7) is 0.822. The summed E-state index contributed by atoms with van der Waals surface area (Å²) in [5, 5.41) is 2.71. The summed E-state index contributed by atoms with van der Waals surface area (Å²) >= 11 is 0. The maximum absolute atomic E-state index is 13.0. The second-order valence-corrected chi connectivity index (χ2v) is 4.30. The first-order valence-electron chi connectivity index (χ1n) is 6.36. The fourth-order valence-corrected chi connectivity index (χ4v) is 1.76. The van der Waals surface area contributed by atoms with Crippen LogP contribution < -0.4 is 11.1 Å². The van der Waals surface area contributed by atoms with Crippen LogP contribution in [0.1, 0.15) is 21.9 Å². The first kappa shape index (κ1) is 14.2. The van der Waals surface area contributed by atoms with Crippen LogP contribution in [0.4, 0.5) is 4.39 Å². The molecule has 0 saturated heterocycles. The van der Waals surface area contributed by atoms with Crippen LogP contribution in [0.15, 0.2) is 34.9 Å². The summed E-state index contributed by atoms with van der Waals surface area (Å²) < 4.78 is 18.1. The van der Waals surface area contributed by atoms with Gasteiger partial charge in [-0.05, 0) is 24.1 Å². The van der Waals surface area contributed by atoms with Crippen molar-refractivity contribution >= 4 is 5.91 Å². The van der Waals surface area contributed by atoms with Crippen molar-refractivity contribution in [3.05, 3.63) is 53.5 Å². The fourth-order valence-electron chi connectivity index (χ4n) is 1.76. The van der Waals surface area contributed by atoms with Gasteiger partial charge in [-0.25, -0.2) is 9.37 Å². The zero-order valence-corrected chi connectivity index (χ0v) is 10.9. The zero-order chi connectivity index (χ0) is 14.4. The number of benzene rings is 1. The van der Waals surface area contributed by atoms with Gasteiger partial charge in [-0.1, -0.05) is 12.1 Å². The summed E-state index contributed by atoms with van der Waals surface area (Å²) in [7, 11) is 0. The molecular formula is C14H16FN3O2. The molecule has 5 nitrogen and oxygen atoms in total. The summed E-state index contributed by atoms with van der Waals surface area (Å²) in [5.74, 6) is -0.145. The van der Waals surface area contributed by atoms with Gasteiger partial charge in [0.05, 0.1) is 0 Å². The number of amides is 1. The fraction of sp³-hybridized carbons (Fsp3) is 0.286. The SMILES string of the molecule is NCCc1nc(C(=O)NCCc2cccc(F)c2)co1. The van der Waals surface area contributed by atoms with Gasteiger partial charge in [-0.2, -0.15) is 0 Å². The molecule has 2 aromatic rings. The van der Waals surface area contributed by atoms with Gasteiger partial charge >= 0.3 is 0 Å². The lowest BCUT2D eigenvalue weighted by atomic mass is 10.1. The Balaban J connectivity index is 1.82. The van der Waals surface area contributed by atoms with E-state index in [9.17, 15) is 9.18 Å². The monoisotopic (exact) mass is 277 g/mol. The molecule has 0 spiro atoms. The molecule has 106 valence electrons.